The van der Waals surface area contributed by atoms with Gasteiger partial charge in [-0.15, -0.1) is 0 Å². The molecule has 5 heteroatoms. The molecule has 10 heavy (non-hydrogen) atoms. The van der Waals surface area contributed by atoms with Crippen molar-refractivity contribution in [1.82, 2.24) is 4.31 Å². The van der Waals surface area contributed by atoms with Crippen molar-refractivity contribution in [2.24, 2.45) is 0 Å². The molecule has 0 fully saturated rings. The SMILES string of the molecule is C=CN1C(=O)C=CS1(=O)=O. The molecule has 0 spiro atoms. The molecule has 0 saturated heterocycles. The molecule has 54 valence electrons. The summed E-state index contributed by atoms with van der Waals surface area (Å²) >= 11 is 0. The Hall–Kier alpha value is -1.10. The Morgan fingerprint density at radius 1 is 1.60 bits per heavy atom. The third-order valence-electron chi connectivity index (χ3n) is 1.04. The van der Waals surface area contributed by atoms with Gasteiger partial charge in [-0.1, -0.05) is 6.58 Å². The Labute approximate surface area is 58.5 Å². The van der Waals surface area contributed by atoms with E-state index in [1.165, 1.54) is 0 Å². The monoisotopic (exact) mass is 159 g/mol. The number of rotatable bonds is 1. The Morgan fingerprint density at radius 2 is 2.20 bits per heavy atom. The third kappa shape index (κ3) is 0.841. The Bertz CT molecular complexity index is 301. The highest BCUT2D eigenvalue weighted by atomic mass is 32.2. The van der Waals surface area contributed by atoms with Crippen LogP contribution in [0.3, 0.4) is 0 Å². The zero-order valence-electron chi connectivity index (χ0n) is 5.02. The summed E-state index contributed by atoms with van der Waals surface area (Å²) in [5, 5.41) is 0.844. The number of amides is 1. The molecule has 0 aliphatic carbocycles. The summed E-state index contributed by atoms with van der Waals surface area (Å²) in [5.41, 5.74) is 0. The average molecular weight is 159 g/mol. The summed E-state index contributed by atoms with van der Waals surface area (Å²) in [6.07, 6.45) is 1.95. The van der Waals surface area contributed by atoms with Gasteiger partial charge in [0.1, 0.15) is 0 Å². The Kier molecular flexibility index (Phi) is 1.37. The molecule has 0 aromatic rings. The zero-order valence-corrected chi connectivity index (χ0v) is 5.84. The van der Waals surface area contributed by atoms with E-state index in [1.54, 1.807) is 0 Å². The predicted molar refractivity (Wildman–Crippen MR) is 35.1 cm³/mol. The molecule has 1 aliphatic rings. The zero-order chi connectivity index (χ0) is 7.78. The van der Waals surface area contributed by atoms with Crippen LogP contribution in [0.25, 0.3) is 0 Å². The van der Waals surface area contributed by atoms with Gasteiger partial charge < -0.3 is 0 Å². The van der Waals surface area contributed by atoms with E-state index in [4.69, 9.17) is 0 Å². The first-order valence-electron chi connectivity index (χ1n) is 2.47. The molecule has 1 rings (SSSR count). The standard InChI is InChI=1S/C5H5NO3S/c1-2-6-5(7)3-4-10(6,8)9/h2-4H,1H2. The van der Waals surface area contributed by atoms with E-state index in [9.17, 15) is 13.2 Å². The lowest BCUT2D eigenvalue weighted by molar-refractivity contribution is -0.119. The first-order chi connectivity index (χ1) is 4.58. The third-order valence-corrected chi connectivity index (χ3v) is 2.40. The quantitative estimate of drug-likeness (QED) is 0.533. The first-order valence-corrected chi connectivity index (χ1v) is 3.97. The molecule has 0 bridgehead atoms. The maximum atomic E-state index is 10.8. The summed E-state index contributed by atoms with van der Waals surface area (Å²) in [4.78, 5) is 10.6. The van der Waals surface area contributed by atoms with Crippen LogP contribution in [0.5, 0.6) is 0 Å². The highest BCUT2D eigenvalue weighted by Gasteiger charge is 2.26. The highest BCUT2D eigenvalue weighted by molar-refractivity contribution is 7.93. The molecule has 0 radical (unpaired) electrons. The van der Waals surface area contributed by atoms with Crippen LogP contribution in [0.1, 0.15) is 0 Å². The minimum Gasteiger partial charge on any atom is -0.268 e. The fraction of sp³-hybridized carbons (Fsp3) is 0. The minimum atomic E-state index is -3.50. The normalized spacial score (nSPS) is 21.6. The van der Waals surface area contributed by atoms with Crippen molar-refractivity contribution in [3.05, 3.63) is 24.3 Å². The van der Waals surface area contributed by atoms with E-state index < -0.39 is 15.9 Å². The van der Waals surface area contributed by atoms with Crippen LogP contribution >= 0.6 is 0 Å². The molecule has 0 N–H and O–H groups in total. The molecule has 4 nitrogen and oxygen atoms in total. The van der Waals surface area contributed by atoms with Crippen LogP contribution in [0, 0.1) is 0 Å². The molecule has 0 unspecified atom stereocenters. The second-order valence-corrected chi connectivity index (χ2v) is 3.36. The summed E-state index contributed by atoms with van der Waals surface area (Å²) < 4.78 is 22.1. The second-order valence-electron chi connectivity index (χ2n) is 1.66. The topological polar surface area (TPSA) is 54.5 Å². The fourth-order valence-corrected chi connectivity index (χ4v) is 1.54. The van der Waals surface area contributed by atoms with E-state index in [2.05, 4.69) is 6.58 Å². The van der Waals surface area contributed by atoms with Gasteiger partial charge in [0.15, 0.2) is 0 Å². The van der Waals surface area contributed by atoms with Gasteiger partial charge in [-0.05, 0) is 0 Å². The lowest BCUT2D eigenvalue weighted by Gasteiger charge is -2.05. The van der Waals surface area contributed by atoms with Crippen LogP contribution in [0.2, 0.25) is 0 Å². The van der Waals surface area contributed by atoms with Crippen molar-refractivity contribution < 1.29 is 13.2 Å². The lowest BCUT2D eigenvalue weighted by Crippen LogP contribution is -2.23. The molecule has 1 heterocycles. The predicted octanol–water partition coefficient (Wildman–Crippen LogP) is -0.184. The van der Waals surface area contributed by atoms with Crippen molar-refractivity contribution >= 4 is 15.9 Å². The second kappa shape index (κ2) is 1.95. The van der Waals surface area contributed by atoms with E-state index in [0.29, 0.717) is 4.31 Å². The maximum absolute atomic E-state index is 10.8. The van der Waals surface area contributed by atoms with E-state index in [-0.39, 0.29) is 0 Å². The smallest absolute Gasteiger partial charge is 0.265 e. The molecular formula is C5H5NO3S. The molecular weight excluding hydrogens is 154 g/mol. The van der Waals surface area contributed by atoms with Gasteiger partial charge >= 0.3 is 0 Å². The molecule has 0 saturated carbocycles. The lowest BCUT2D eigenvalue weighted by atomic mass is 10.6. The van der Waals surface area contributed by atoms with Gasteiger partial charge in [0.05, 0.1) is 5.41 Å². The van der Waals surface area contributed by atoms with Crippen LogP contribution in [-0.4, -0.2) is 18.6 Å². The van der Waals surface area contributed by atoms with E-state index in [0.717, 1.165) is 17.7 Å². The first kappa shape index (κ1) is 7.01. The Morgan fingerprint density at radius 3 is 2.40 bits per heavy atom. The number of carbonyl (C=O) groups excluding carboxylic acids is 1. The average Bonchev–Trinajstić information content (AvgIpc) is 2.07. The van der Waals surface area contributed by atoms with Crippen LogP contribution in [-0.2, 0) is 14.8 Å². The highest BCUT2D eigenvalue weighted by Crippen LogP contribution is 2.11. The van der Waals surface area contributed by atoms with Crippen molar-refractivity contribution in [3.8, 4) is 0 Å². The van der Waals surface area contributed by atoms with Crippen LogP contribution in [0.15, 0.2) is 24.3 Å². The molecule has 0 aromatic carbocycles. The fourth-order valence-electron chi connectivity index (χ4n) is 0.602. The van der Waals surface area contributed by atoms with E-state index in [1.807, 2.05) is 0 Å². The Balaban J connectivity index is 3.17. The summed E-state index contributed by atoms with van der Waals surface area (Å²) in [7, 11) is -3.50. The minimum absolute atomic E-state index is 0.574. The number of sulfonamides is 1. The van der Waals surface area contributed by atoms with Gasteiger partial charge in [0, 0.05) is 12.3 Å². The van der Waals surface area contributed by atoms with Gasteiger partial charge in [0.2, 0.25) is 0 Å². The summed E-state index contributed by atoms with van der Waals surface area (Å²) in [6.45, 7) is 3.17. The molecule has 0 atom stereocenters. The number of nitrogens with zero attached hydrogens (tertiary/aromatic N) is 1. The molecule has 0 aromatic heterocycles. The van der Waals surface area contributed by atoms with Gasteiger partial charge in [-0.25, -0.2) is 12.7 Å². The maximum Gasteiger partial charge on any atom is 0.265 e. The molecule has 1 amide bonds. The van der Waals surface area contributed by atoms with Gasteiger partial charge in [-0.3, -0.25) is 4.79 Å². The summed E-state index contributed by atoms with van der Waals surface area (Å²) in [6, 6.07) is 0. The van der Waals surface area contributed by atoms with Crippen molar-refractivity contribution in [2.75, 3.05) is 0 Å². The van der Waals surface area contributed by atoms with Crippen LogP contribution < -0.4 is 0 Å². The number of hydrogen-bond acceptors (Lipinski definition) is 3. The van der Waals surface area contributed by atoms with Crippen molar-refractivity contribution in [2.45, 2.75) is 0 Å². The van der Waals surface area contributed by atoms with Crippen LogP contribution in [0.4, 0.5) is 0 Å². The van der Waals surface area contributed by atoms with Crippen molar-refractivity contribution in [1.29, 1.82) is 0 Å². The van der Waals surface area contributed by atoms with Gasteiger partial charge in [0.25, 0.3) is 15.9 Å². The largest absolute Gasteiger partial charge is 0.268 e. The molecule has 1 aliphatic heterocycles. The summed E-state index contributed by atoms with van der Waals surface area (Å²) in [5.74, 6) is -0.574. The number of carbonyl (C=O) groups is 1. The number of hydrogen-bond donors (Lipinski definition) is 0. The van der Waals surface area contributed by atoms with Crippen molar-refractivity contribution in [3.63, 3.8) is 0 Å². The van der Waals surface area contributed by atoms with Gasteiger partial charge in [-0.2, -0.15) is 0 Å². The van der Waals surface area contributed by atoms with E-state index >= 15 is 0 Å².